The van der Waals surface area contributed by atoms with Crippen LogP contribution in [0.5, 0.6) is 5.75 Å². The second-order valence-electron chi connectivity index (χ2n) is 3.97. The van der Waals surface area contributed by atoms with Gasteiger partial charge in [0.05, 0.1) is 19.5 Å². The van der Waals surface area contributed by atoms with Gasteiger partial charge in [-0.05, 0) is 37.1 Å². The van der Waals surface area contributed by atoms with E-state index in [1.807, 2.05) is 32.0 Å². The number of rotatable bonds is 6. The lowest BCUT2D eigenvalue weighted by atomic mass is 10.1. The highest BCUT2D eigenvalue weighted by atomic mass is 32.2. The molecule has 0 aliphatic rings. The Morgan fingerprint density at radius 3 is 2.41 bits per heavy atom. The molecular formula is C12H18O4S. The van der Waals surface area contributed by atoms with Crippen LogP contribution in [-0.2, 0) is 14.3 Å². The number of ether oxygens (including phenoxy) is 1. The second-order valence-corrected chi connectivity index (χ2v) is 5.62. The minimum Gasteiger partial charge on any atom is -0.493 e. The van der Waals surface area contributed by atoms with E-state index in [0.717, 1.165) is 12.0 Å². The number of hydrogen-bond acceptors (Lipinski definition) is 4. The molecule has 0 fully saturated rings. The summed E-state index contributed by atoms with van der Waals surface area (Å²) >= 11 is 0. The highest BCUT2D eigenvalue weighted by Crippen LogP contribution is 2.16. The van der Waals surface area contributed by atoms with Gasteiger partial charge in [-0.1, -0.05) is 6.07 Å². The summed E-state index contributed by atoms with van der Waals surface area (Å²) in [6, 6.07) is 5.87. The third kappa shape index (κ3) is 5.70. The minimum absolute atomic E-state index is 0.156. The van der Waals surface area contributed by atoms with E-state index < -0.39 is 10.1 Å². The maximum atomic E-state index is 10.7. The summed E-state index contributed by atoms with van der Waals surface area (Å²) in [5.41, 5.74) is 2.40. The molecule has 0 saturated heterocycles. The Morgan fingerprint density at radius 2 is 1.82 bits per heavy atom. The first kappa shape index (κ1) is 14.0. The molecule has 0 aromatic heterocycles. The van der Waals surface area contributed by atoms with Crippen molar-refractivity contribution in [1.82, 2.24) is 0 Å². The Bertz CT molecular complexity index is 465. The maximum Gasteiger partial charge on any atom is 0.264 e. The largest absolute Gasteiger partial charge is 0.493 e. The molecule has 0 heterocycles. The van der Waals surface area contributed by atoms with Crippen LogP contribution in [0.15, 0.2) is 18.2 Å². The smallest absolute Gasteiger partial charge is 0.264 e. The van der Waals surface area contributed by atoms with E-state index in [1.54, 1.807) is 0 Å². The van der Waals surface area contributed by atoms with Crippen molar-refractivity contribution in [3.8, 4) is 5.75 Å². The van der Waals surface area contributed by atoms with Crippen molar-refractivity contribution in [2.24, 2.45) is 0 Å². The van der Waals surface area contributed by atoms with Crippen molar-refractivity contribution in [2.45, 2.75) is 20.3 Å². The standard InChI is InChI=1S/C12H18O4S/c1-10-5-6-12(9-11(10)2)15-7-4-8-16-17(3,13)14/h5-6,9H,4,7-8H2,1-3H3. The van der Waals surface area contributed by atoms with Crippen molar-refractivity contribution < 1.29 is 17.3 Å². The van der Waals surface area contributed by atoms with Crippen molar-refractivity contribution in [1.29, 1.82) is 0 Å². The second kappa shape index (κ2) is 6.02. The third-order valence-electron chi connectivity index (χ3n) is 2.33. The van der Waals surface area contributed by atoms with Gasteiger partial charge < -0.3 is 4.74 Å². The summed E-state index contributed by atoms with van der Waals surface area (Å²) in [7, 11) is -3.34. The van der Waals surface area contributed by atoms with Crippen LogP contribution in [0.3, 0.4) is 0 Å². The fraction of sp³-hybridized carbons (Fsp3) is 0.500. The van der Waals surface area contributed by atoms with Gasteiger partial charge in [-0.15, -0.1) is 0 Å². The van der Waals surface area contributed by atoms with Gasteiger partial charge in [0.2, 0.25) is 0 Å². The lowest BCUT2D eigenvalue weighted by molar-refractivity contribution is 0.252. The summed E-state index contributed by atoms with van der Waals surface area (Å²) in [5.74, 6) is 0.799. The lowest BCUT2D eigenvalue weighted by Gasteiger charge is -2.08. The predicted molar refractivity (Wildman–Crippen MR) is 66.8 cm³/mol. The molecule has 0 bridgehead atoms. The van der Waals surface area contributed by atoms with E-state index in [0.29, 0.717) is 13.0 Å². The van der Waals surface area contributed by atoms with E-state index in [-0.39, 0.29) is 6.61 Å². The zero-order chi connectivity index (χ0) is 12.9. The van der Waals surface area contributed by atoms with Gasteiger partial charge in [0.1, 0.15) is 5.75 Å². The topological polar surface area (TPSA) is 52.6 Å². The molecule has 0 saturated carbocycles. The van der Waals surface area contributed by atoms with Crippen LogP contribution in [0.25, 0.3) is 0 Å². The summed E-state index contributed by atoms with van der Waals surface area (Å²) in [6.07, 6.45) is 1.58. The zero-order valence-corrected chi connectivity index (χ0v) is 11.2. The van der Waals surface area contributed by atoms with Gasteiger partial charge in [0, 0.05) is 6.42 Å². The Labute approximate surface area is 103 Å². The summed E-state index contributed by atoms with van der Waals surface area (Å²) in [4.78, 5) is 0. The molecule has 0 radical (unpaired) electrons. The lowest BCUT2D eigenvalue weighted by Crippen LogP contribution is -2.07. The summed E-state index contributed by atoms with van der Waals surface area (Å²) < 4.78 is 31.5. The SMILES string of the molecule is Cc1ccc(OCCCOS(C)(=O)=O)cc1C. The van der Waals surface area contributed by atoms with Gasteiger partial charge in [-0.25, -0.2) is 0 Å². The predicted octanol–water partition coefficient (Wildman–Crippen LogP) is 2.05. The number of benzene rings is 1. The van der Waals surface area contributed by atoms with Crippen LogP contribution >= 0.6 is 0 Å². The van der Waals surface area contributed by atoms with Crippen LogP contribution < -0.4 is 4.74 Å². The first-order chi connectivity index (χ1) is 7.88. The van der Waals surface area contributed by atoms with Crippen molar-refractivity contribution in [2.75, 3.05) is 19.5 Å². The average Bonchev–Trinajstić information content (AvgIpc) is 2.21. The Hall–Kier alpha value is -1.07. The molecule has 1 aromatic carbocycles. The fourth-order valence-corrected chi connectivity index (χ4v) is 1.68. The summed E-state index contributed by atoms with van der Waals surface area (Å²) in [6.45, 7) is 4.66. The van der Waals surface area contributed by atoms with E-state index in [2.05, 4.69) is 4.18 Å². The molecule has 0 aliphatic carbocycles. The average molecular weight is 258 g/mol. The molecule has 1 aromatic rings. The number of hydrogen-bond donors (Lipinski definition) is 0. The fourth-order valence-electron chi connectivity index (χ4n) is 1.26. The Kier molecular flexibility index (Phi) is 4.96. The van der Waals surface area contributed by atoms with Crippen molar-refractivity contribution in [3.63, 3.8) is 0 Å². The van der Waals surface area contributed by atoms with Gasteiger partial charge in [-0.3, -0.25) is 4.18 Å². The highest BCUT2D eigenvalue weighted by molar-refractivity contribution is 7.85. The van der Waals surface area contributed by atoms with Crippen LogP contribution in [0.1, 0.15) is 17.5 Å². The van der Waals surface area contributed by atoms with E-state index >= 15 is 0 Å². The van der Waals surface area contributed by atoms with E-state index in [4.69, 9.17) is 4.74 Å². The quantitative estimate of drug-likeness (QED) is 0.579. The monoisotopic (exact) mass is 258 g/mol. The molecule has 1 rings (SSSR count). The Morgan fingerprint density at radius 1 is 1.12 bits per heavy atom. The minimum atomic E-state index is -3.34. The molecule has 0 N–H and O–H groups in total. The zero-order valence-electron chi connectivity index (χ0n) is 10.4. The van der Waals surface area contributed by atoms with Crippen molar-refractivity contribution in [3.05, 3.63) is 29.3 Å². The first-order valence-electron chi connectivity index (χ1n) is 5.43. The molecule has 0 spiro atoms. The van der Waals surface area contributed by atoms with Gasteiger partial charge in [0.15, 0.2) is 0 Å². The van der Waals surface area contributed by atoms with Crippen LogP contribution in [0.4, 0.5) is 0 Å². The molecule has 5 heteroatoms. The summed E-state index contributed by atoms with van der Waals surface area (Å²) in [5, 5.41) is 0. The van der Waals surface area contributed by atoms with Crippen molar-refractivity contribution >= 4 is 10.1 Å². The van der Waals surface area contributed by atoms with E-state index in [1.165, 1.54) is 11.1 Å². The molecule has 4 nitrogen and oxygen atoms in total. The van der Waals surface area contributed by atoms with E-state index in [9.17, 15) is 8.42 Å². The normalized spacial score (nSPS) is 11.5. The Balaban J connectivity index is 2.29. The maximum absolute atomic E-state index is 10.7. The molecule has 96 valence electrons. The molecule has 0 amide bonds. The molecule has 0 atom stereocenters. The highest BCUT2D eigenvalue weighted by Gasteiger charge is 2.01. The van der Waals surface area contributed by atoms with Gasteiger partial charge >= 0.3 is 0 Å². The van der Waals surface area contributed by atoms with Crippen LogP contribution in [-0.4, -0.2) is 27.9 Å². The molecular weight excluding hydrogens is 240 g/mol. The molecule has 0 aliphatic heterocycles. The van der Waals surface area contributed by atoms with Gasteiger partial charge in [-0.2, -0.15) is 8.42 Å². The van der Waals surface area contributed by atoms with Crippen LogP contribution in [0.2, 0.25) is 0 Å². The van der Waals surface area contributed by atoms with Crippen LogP contribution in [0, 0.1) is 13.8 Å². The van der Waals surface area contributed by atoms with Gasteiger partial charge in [0.25, 0.3) is 10.1 Å². The molecule has 0 unspecified atom stereocenters. The first-order valence-corrected chi connectivity index (χ1v) is 7.24. The number of aryl methyl sites for hydroxylation is 2. The molecule has 17 heavy (non-hydrogen) atoms. The third-order valence-corrected chi connectivity index (χ3v) is 2.93.